The average molecular weight is 239 g/mol. The Morgan fingerprint density at radius 2 is 2.22 bits per heavy atom. The third-order valence-corrected chi connectivity index (χ3v) is 2.84. The van der Waals surface area contributed by atoms with E-state index in [0.29, 0.717) is 6.54 Å². The lowest BCUT2D eigenvalue weighted by Gasteiger charge is -2.06. The number of rotatable bonds is 3. The quantitative estimate of drug-likeness (QED) is 0.759. The van der Waals surface area contributed by atoms with Crippen molar-refractivity contribution in [1.29, 1.82) is 0 Å². The second kappa shape index (κ2) is 4.44. The van der Waals surface area contributed by atoms with Crippen LogP contribution in [-0.4, -0.2) is 19.5 Å². The largest absolute Gasteiger partial charge is 0.365 e. The zero-order valence-corrected chi connectivity index (χ0v) is 10.0. The van der Waals surface area contributed by atoms with Crippen molar-refractivity contribution in [2.24, 2.45) is 7.05 Å². The second-order valence-electron chi connectivity index (χ2n) is 4.10. The summed E-state index contributed by atoms with van der Waals surface area (Å²) < 4.78 is 1.98. The first kappa shape index (κ1) is 10.7. The molecule has 0 unspecified atom stereocenters. The standard InChI is InChI=1S/C13H13N5/c1-18-6-4-11-12(16-9-17-13(11)18)15-8-10-3-2-5-14-7-10/h2-7,9H,8H2,1H3,(H,15,16,17). The molecule has 0 radical (unpaired) electrons. The minimum Gasteiger partial charge on any atom is -0.365 e. The molecule has 0 aliphatic rings. The van der Waals surface area contributed by atoms with Gasteiger partial charge in [-0.05, 0) is 17.7 Å². The van der Waals surface area contributed by atoms with Crippen molar-refractivity contribution in [2.45, 2.75) is 6.54 Å². The van der Waals surface area contributed by atoms with Crippen molar-refractivity contribution >= 4 is 16.9 Å². The number of hydrogen-bond acceptors (Lipinski definition) is 4. The molecule has 0 spiro atoms. The Morgan fingerprint density at radius 1 is 1.28 bits per heavy atom. The van der Waals surface area contributed by atoms with E-state index < -0.39 is 0 Å². The van der Waals surface area contributed by atoms with Gasteiger partial charge in [0.2, 0.25) is 0 Å². The first-order valence-corrected chi connectivity index (χ1v) is 5.73. The highest BCUT2D eigenvalue weighted by atomic mass is 15.1. The molecule has 0 aliphatic heterocycles. The van der Waals surface area contributed by atoms with E-state index in [-0.39, 0.29) is 0 Å². The van der Waals surface area contributed by atoms with Crippen molar-refractivity contribution in [2.75, 3.05) is 5.32 Å². The van der Waals surface area contributed by atoms with Crippen LogP contribution in [0, 0.1) is 0 Å². The highest BCUT2D eigenvalue weighted by Crippen LogP contribution is 2.19. The number of fused-ring (bicyclic) bond motifs is 1. The van der Waals surface area contributed by atoms with E-state index in [4.69, 9.17) is 0 Å². The first-order chi connectivity index (χ1) is 8.84. The molecule has 0 amide bonds. The molecule has 3 aromatic rings. The van der Waals surface area contributed by atoms with Crippen molar-refractivity contribution in [3.63, 3.8) is 0 Å². The van der Waals surface area contributed by atoms with Gasteiger partial charge < -0.3 is 9.88 Å². The van der Waals surface area contributed by atoms with Crippen molar-refractivity contribution in [3.05, 3.63) is 48.7 Å². The van der Waals surface area contributed by atoms with Crippen LogP contribution in [0.15, 0.2) is 43.1 Å². The maximum absolute atomic E-state index is 4.28. The summed E-state index contributed by atoms with van der Waals surface area (Å²) in [6, 6.07) is 5.97. The van der Waals surface area contributed by atoms with Gasteiger partial charge in [-0.3, -0.25) is 4.98 Å². The van der Waals surface area contributed by atoms with Crippen LogP contribution in [0.5, 0.6) is 0 Å². The fraction of sp³-hybridized carbons (Fsp3) is 0.154. The Bertz CT molecular complexity index is 659. The van der Waals surface area contributed by atoms with Gasteiger partial charge in [0.15, 0.2) is 0 Å². The van der Waals surface area contributed by atoms with E-state index in [0.717, 1.165) is 22.4 Å². The predicted molar refractivity (Wildman–Crippen MR) is 70.1 cm³/mol. The molecule has 0 atom stereocenters. The SMILES string of the molecule is Cn1ccc2c(NCc3cccnc3)ncnc21. The Morgan fingerprint density at radius 3 is 3.06 bits per heavy atom. The zero-order valence-electron chi connectivity index (χ0n) is 10.0. The summed E-state index contributed by atoms with van der Waals surface area (Å²) in [5, 5.41) is 4.34. The molecule has 5 heteroatoms. The van der Waals surface area contributed by atoms with E-state index in [2.05, 4.69) is 20.3 Å². The van der Waals surface area contributed by atoms with Crippen molar-refractivity contribution in [1.82, 2.24) is 19.5 Å². The van der Waals surface area contributed by atoms with Crippen LogP contribution in [0.2, 0.25) is 0 Å². The number of nitrogens with zero attached hydrogens (tertiary/aromatic N) is 4. The van der Waals surface area contributed by atoms with E-state index in [9.17, 15) is 0 Å². The minimum absolute atomic E-state index is 0.703. The summed E-state index contributed by atoms with van der Waals surface area (Å²) >= 11 is 0. The molecule has 18 heavy (non-hydrogen) atoms. The van der Waals surface area contributed by atoms with Gasteiger partial charge in [-0.1, -0.05) is 6.07 Å². The monoisotopic (exact) mass is 239 g/mol. The van der Waals surface area contributed by atoms with Gasteiger partial charge in [-0.15, -0.1) is 0 Å². The number of pyridine rings is 1. The van der Waals surface area contributed by atoms with Gasteiger partial charge in [0.1, 0.15) is 17.8 Å². The summed E-state index contributed by atoms with van der Waals surface area (Å²) in [6.07, 6.45) is 7.17. The molecule has 0 fully saturated rings. The zero-order chi connectivity index (χ0) is 12.4. The number of aromatic nitrogens is 4. The lowest BCUT2D eigenvalue weighted by molar-refractivity contribution is 0.943. The maximum Gasteiger partial charge on any atom is 0.145 e. The summed E-state index contributed by atoms with van der Waals surface area (Å²) in [5.41, 5.74) is 2.05. The van der Waals surface area contributed by atoms with Gasteiger partial charge in [-0.2, -0.15) is 0 Å². The molecule has 0 saturated carbocycles. The highest BCUT2D eigenvalue weighted by molar-refractivity contribution is 5.87. The molecule has 0 aliphatic carbocycles. The molecule has 3 heterocycles. The molecule has 1 N–H and O–H groups in total. The van der Waals surface area contributed by atoms with Crippen LogP contribution in [0.4, 0.5) is 5.82 Å². The highest BCUT2D eigenvalue weighted by Gasteiger charge is 2.05. The lowest BCUT2D eigenvalue weighted by Crippen LogP contribution is -2.02. The molecular formula is C13H13N5. The molecule has 0 saturated heterocycles. The third kappa shape index (κ3) is 1.90. The minimum atomic E-state index is 0.703. The fourth-order valence-electron chi connectivity index (χ4n) is 1.91. The van der Waals surface area contributed by atoms with Crippen LogP contribution in [0.3, 0.4) is 0 Å². The van der Waals surface area contributed by atoms with Gasteiger partial charge in [0, 0.05) is 32.2 Å². The van der Waals surface area contributed by atoms with Crippen molar-refractivity contribution in [3.8, 4) is 0 Å². The molecule has 90 valence electrons. The number of aryl methyl sites for hydroxylation is 1. The summed E-state index contributed by atoms with van der Waals surface area (Å²) in [4.78, 5) is 12.6. The second-order valence-corrected chi connectivity index (χ2v) is 4.10. The summed E-state index contributed by atoms with van der Waals surface area (Å²) in [5.74, 6) is 0.851. The van der Waals surface area contributed by atoms with Crippen LogP contribution < -0.4 is 5.32 Å². The average Bonchev–Trinajstić information content (AvgIpc) is 2.80. The molecule has 0 aromatic carbocycles. The molecule has 0 bridgehead atoms. The topological polar surface area (TPSA) is 55.6 Å². The Kier molecular flexibility index (Phi) is 2.64. The van der Waals surface area contributed by atoms with E-state index in [1.54, 1.807) is 12.5 Å². The predicted octanol–water partition coefficient (Wildman–Crippen LogP) is 1.98. The van der Waals surface area contributed by atoms with Crippen LogP contribution in [-0.2, 0) is 13.6 Å². The number of nitrogens with one attached hydrogen (secondary N) is 1. The summed E-state index contributed by atoms with van der Waals surface area (Å²) in [7, 11) is 1.97. The molecule has 3 rings (SSSR count). The third-order valence-electron chi connectivity index (χ3n) is 2.84. The molecular weight excluding hydrogens is 226 g/mol. The van der Waals surface area contributed by atoms with Crippen molar-refractivity contribution < 1.29 is 0 Å². The van der Waals surface area contributed by atoms with Gasteiger partial charge in [-0.25, -0.2) is 9.97 Å². The number of anilines is 1. The fourth-order valence-corrected chi connectivity index (χ4v) is 1.91. The van der Waals surface area contributed by atoms with Crippen LogP contribution >= 0.6 is 0 Å². The van der Waals surface area contributed by atoms with E-state index in [1.165, 1.54) is 0 Å². The normalized spacial score (nSPS) is 10.7. The number of hydrogen-bond donors (Lipinski definition) is 1. The van der Waals surface area contributed by atoms with E-state index in [1.807, 2.05) is 42.2 Å². The Hall–Kier alpha value is -2.43. The molecule has 3 aromatic heterocycles. The maximum atomic E-state index is 4.28. The van der Waals surface area contributed by atoms with Gasteiger partial charge in [0.25, 0.3) is 0 Å². The lowest BCUT2D eigenvalue weighted by atomic mass is 10.3. The Balaban J connectivity index is 1.87. The van der Waals surface area contributed by atoms with E-state index >= 15 is 0 Å². The smallest absolute Gasteiger partial charge is 0.145 e. The molecule has 5 nitrogen and oxygen atoms in total. The Labute approximate surface area is 105 Å². The van der Waals surface area contributed by atoms with Gasteiger partial charge >= 0.3 is 0 Å². The van der Waals surface area contributed by atoms with Gasteiger partial charge in [0.05, 0.1) is 5.39 Å². The first-order valence-electron chi connectivity index (χ1n) is 5.73. The summed E-state index contributed by atoms with van der Waals surface area (Å²) in [6.45, 7) is 0.703. The van der Waals surface area contributed by atoms with Crippen LogP contribution in [0.25, 0.3) is 11.0 Å². The van der Waals surface area contributed by atoms with Crippen LogP contribution in [0.1, 0.15) is 5.56 Å².